The average molecular weight is 226 g/mol. The van der Waals surface area contributed by atoms with Crippen molar-refractivity contribution in [3.63, 3.8) is 0 Å². The van der Waals surface area contributed by atoms with Gasteiger partial charge in [-0.1, -0.05) is 0 Å². The van der Waals surface area contributed by atoms with Crippen LogP contribution in [0.3, 0.4) is 0 Å². The zero-order valence-corrected chi connectivity index (χ0v) is 9.46. The van der Waals surface area contributed by atoms with Gasteiger partial charge in [0.2, 0.25) is 0 Å². The Hall–Kier alpha value is -0.940. The molecule has 1 aliphatic heterocycles. The van der Waals surface area contributed by atoms with Crippen molar-refractivity contribution >= 4 is 17.2 Å². The lowest BCUT2D eigenvalue weighted by Gasteiger charge is -2.36. The second-order valence-corrected chi connectivity index (χ2v) is 4.92. The summed E-state index contributed by atoms with van der Waals surface area (Å²) in [5.41, 5.74) is 1.39. The van der Waals surface area contributed by atoms with E-state index in [0.717, 1.165) is 12.8 Å². The number of carbonyl (C=O) groups is 1. The third-order valence-electron chi connectivity index (χ3n) is 2.61. The number of rotatable bonds is 1. The van der Waals surface area contributed by atoms with Crippen LogP contribution in [0.5, 0.6) is 0 Å². The number of amides is 1. The highest BCUT2D eigenvalue weighted by Gasteiger charge is 2.31. The molecule has 0 spiro atoms. The van der Waals surface area contributed by atoms with Gasteiger partial charge in [-0.15, -0.1) is 11.3 Å². The number of carbonyl (C=O) groups excluding carboxylic acids is 1. The van der Waals surface area contributed by atoms with Gasteiger partial charge in [-0.05, 0) is 19.8 Å². The lowest BCUT2D eigenvalue weighted by molar-refractivity contribution is -0.0109. The minimum Gasteiger partial charge on any atom is -0.388 e. The molecular weight excluding hydrogens is 212 g/mol. The molecule has 1 N–H and O–H groups in total. The second kappa shape index (κ2) is 3.90. The average Bonchev–Trinajstić information content (AvgIpc) is 2.67. The summed E-state index contributed by atoms with van der Waals surface area (Å²) < 4.78 is 0. The number of β-amino-alcohol motifs (C(OH)–C–C–N with tert-alkyl or cyclic N) is 1. The van der Waals surface area contributed by atoms with E-state index in [1.54, 1.807) is 22.7 Å². The Morgan fingerprint density at radius 1 is 1.73 bits per heavy atom. The number of nitrogens with zero attached hydrogens (tertiary/aromatic N) is 2. The largest absolute Gasteiger partial charge is 0.388 e. The molecule has 1 saturated heterocycles. The molecule has 82 valence electrons. The molecule has 0 saturated carbocycles. The minimum absolute atomic E-state index is 0.0729. The highest BCUT2D eigenvalue weighted by molar-refractivity contribution is 7.07. The van der Waals surface area contributed by atoms with Crippen molar-refractivity contribution in [3.8, 4) is 0 Å². The molecule has 2 heterocycles. The van der Waals surface area contributed by atoms with Crippen molar-refractivity contribution in [2.24, 2.45) is 0 Å². The van der Waals surface area contributed by atoms with E-state index in [1.165, 1.54) is 11.3 Å². The molecule has 0 bridgehead atoms. The van der Waals surface area contributed by atoms with Gasteiger partial charge in [0.25, 0.3) is 5.91 Å². The quantitative estimate of drug-likeness (QED) is 0.781. The van der Waals surface area contributed by atoms with Crippen molar-refractivity contribution in [3.05, 3.63) is 16.6 Å². The molecule has 1 amide bonds. The highest BCUT2D eigenvalue weighted by Crippen LogP contribution is 2.21. The number of likely N-dealkylation sites (tertiary alicyclic amines) is 1. The maximum Gasteiger partial charge on any atom is 0.273 e. The fourth-order valence-electron chi connectivity index (χ4n) is 1.87. The first-order chi connectivity index (χ1) is 7.08. The summed E-state index contributed by atoms with van der Waals surface area (Å²) in [5.74, 6) is -0.0729. The number of aromatic nitrogens is 1. The highest BCUT2D eigenvalue weighted by atomic mass is 32.1. The first-order valence-electron chi connectivity index (χ1n) is 4.98. The fraction of sp³-hybridized carbons (Fsp3) is 0.600. The van der Waals surface area contributed by atoms with E-state index in [0.29, 0.717) is 18.8 Å². The predicted molar refractivity (Wildman–Crippen MR) is 57.9 cm³/mol. The van der Waals surface area contributed by atoms with Crippen LogP contribution in [0.1, 0.15) is 30.3 Å². The maximum absolute atomic E-state index is 11.9. The molecule has 1 aromatic rings. The van der Waals surface area contributed by atoms with E-state index in [2.05, 4.69) is 4.98 Å². The molecule has 1 unspecified atom stereocenters. The van der Waals surface area contributed by atoms with E-state index in [-0.39, 0.29) is 5.91 Å². The number of piperidine rings is 1. The molecule has 0 aromatic carbocycles. The van der Waals surface area contributed by atoms with Gasteiger partial charge in [-0.2, -0.15) is 0 Å². The third-order valence-corrected chi connectivity index (χ3v) is 3.20. The summed E-state index contributed by atoms with van der Waals surface area (Å²) in [7, 11) is 0. The number of aliphatic hydroxyl groups is 1. The van der Waals surface area contributed by atoms with Gasteiger partial charge in [-0.25, -0.2) is 4.98 Å². The van der Waals surface area contributed by atoms with Crippen molar-refractivity contribution in [1.29, 1.82) is 0 Å². The van der Waals surface area contributed by atoms with Crippen LogP contribution < -0.4 is 0 Å². The normalized spacial score (nSPS) is 26.7. The van der Waals surface area contributed by atoms with Crippen LogP contribution in [-0.2, 0) is 0 Å². The Bertz CT molecular complexity index is 348. The molecule has 5 heteroatoms. The molecule has 1 aliphatic rings. The van der Waals surface area contributed by atoms with Gasteiger partial charge < -0.3 is 10.0 Å². The molecule has 4 nitrogen and oxygen atoms in total. The smallest absolute Gasteiger partial charge is 0.273 e. The molecular formula is C10H14N2O2S. The van der Waals surface area contributed by atoms with Crippen molar-refractivity contribution in [2.75, 3.05) is 13.1 Å². The topological polar surface area (TPSA) is 53.4 Å². The van der Waals surface area contributed by atoms with Gasteiger partial charge in [0.1, 0.15) is 5.69 Å². The van der Waals surface area contributed by atoms with Gasteiger partial charge in [0, 0.05) is 18.5 Å². The van der Waals surface area contributed by atoms with Crippen molar-refractivity contribution < 1.29 is 9.90 Å². The molecule has 1 fully saturated rings. The summed E-state index contributed by atoms with van der Waals surface area (Å²) in [6.45, 7) is 2.89. The van der Waals surface area contributed by atoms with E-state index in [4.69, 9.17) is 0 Å². The SMILES string of the molecule is CC1(O)CCCN(C(=O)c2cscn2)C1. The Labute approximate surface area is 92.6 Å². The van der Waals surface area contributed by atoms with Crippen LogP contribution in [0.2, 0.25) is 0 Å². The zero-order chi connectivity index (χ0) is 10.9. The van der Waals surface area contributed by atoms with Gasteiger partial charge in [0.05, 0.1) is 11.1 Å². The summed E-state index contributed by atoms with van der Waals surface area (Å²) in [6.07, 6.45) is 1.61. The summed E-state index contributed by atoms with van der Waals surface area (Å²) >= 11 is 1.41. The molecule has 15 heavy (non-hydrogen) atoms. The van der Waals surface area contributed by atoms with Crippen LogP contribution in [0.25, 0.3) is 0 Å². The predicted octanol–water partition coefficient (Wildman–Crippen LogP) is 1.13. The maximum atomic E-state index is 11.9. The van der Waals surface area contributed by atoms with Crippen LogP contribution in [0.15, 0.2) is 10.9 Å². The van der Waals surface area contributed by atoms with Gasteiger partial charge in [0.15, 0.2) is 0 Å². The van der Waals surface area contributed by atoms with Crippen molar-refractivity contribution in [1.82, 2.24) is 9.88 Å². The first-order valence-corrected chi connectivity index (χ1v) is 5.93. The zero-order valence-electron chi connectivity index (χ0n) is 8.64. The summed E-state index contributed by atoms with van der Waals surface area (Å²) in [5, 5.41) is 11.6. The molecule has 1 atom stereocenters. The van der Waals surface area contributed by atoms with Crippen LogP contribution >= 0.6 is 11.3 Å². The Kier molecular flexibility index (Phi) is 2.75. The molecule has 1 aromatic heterocycles. The van der Waals surface area contributed by atoms with E-state index in [1.807, 2.05) is 0 Å². The molecule has 0 aliphatic carbocycles. The Morgan fingerprint density at radius 2 is 2.53 bits per heavy atom. The Balaban J connectivity index is 2.08. The molecule has 2 rings (SSSR count). The number of hydrogen-bond acceptors (Lipinski definition) is 4. The van der Waals surface area contributed by atoms with Crippen LogP contribution in [0.4, 0.5) is 0 Å². The fourth-order valence-corrected chi connectivity index (χ4v) is 2.40. The van der Waals surface area contributed by atoms with Crippen molar-refractivity contribution in [2.45, 2.75) is 25.4 Å². The molecule has 0 radical (unpaired) electrons. The third kappa shape index (κ3) is 2.35. The number of thiazole rings is 1. The van der Waals surface area contributed by atoms with Gasteiger partial charge in [-0.3, -0.25) is 4.79 Å². The lowest BCUT2D eigenvalue weighted by Crippen LogP contribution is -2.48. The first kappa shape index (κ1) is 10.6. The monoisotopic (exact) mass is 226 g/mol. The minimum atomic E-state index is -0.746. The standard InChI is InChI=1S/C10H14N2O2S/c1-10(14)3-2-4-12(6-10)9(13)8-5-15-7-11-8/h5,7,14H,2-4,6H2,1H3. The Morgan fingerprint density at radius 3 is 3.13 bits per heavy atom. The van der Waals surface area contributed by atoms with Crippen LogP contribution in [0, 0.1) is 0 Å². The summed E-state index contributed by atoms with van der Waals surface area (Å²) in [6, 6.07) is 0. The van der Waals surface area contributed by atoms with Gasteiger partial charge >= 0.3 is 0 Å². The number of hydrogen-bond donors (Lipinski definition) is 1. The second-order valence-electron chi connectivity index (χ2n) is 4.20. The van der Waals surface area contributed by atoms with E-state index >= 15 is 0 Å². The van der Waals surface area contributed by atoms with E-state index in [9.17, 15) is 9.90 Å². The van der Waals surface area contributed by atoms with E-state index < -0.39 is 5.60 Å². The lowest BCUT2D eigenvalue weighted by atomic mass is 9.95. The van der Waals surface area contributed by atoms with Crippen LogP contribution in [-0.4, -0.2) is 39.6 Å². The summed E-state index contributed by atoms with van der Waals surface area (Å²) in [4.78, 5) is 17.6.